The normalized spacial score (nSPS) is 9.62. The van der Waals surface area contributed by atoms with Crippen LogP contribution in [0.3, 0.4) is 0 Å². The molecule has 0 rings (SSSR count). The van der Waals surface area contributed by atoms with Gasteiger partial charge in [0.05, 0.1) is 0 Å². The molecular formula is C9H17NO3. The first-order valence-electron chi connectivity index (χ1n) is 4.65. The molecule has 0 aliphatic rings. The number of amides is 1. The van der Waals surface area contributed by atoms with E-state index in [1.54, 1.807) is 0 Å². The highest BCUT2D eigenvalue weighted by molar-refractivity contribution is 5.75. The van der Waals surface area contributed by atoms with Crippen molar-refractivity contribution in [1.82, 2.24) is 5.32 Å². The van der Waals surface area contributed by atoms with Crippen molar-refractivity contribution < 1.29 is 14.7 Å². The Labute approximate surface area is 78.3 Å². The van der Waals surface area contributed by atoms with Crippen molar-refractivity contribution in [2.75, 3.05) is 6.54 Å². The number of carbonyl (C=O) groups excluding carboxylic acids is 1. The molecule has 0 aromatic heterocycles. The van der Waals surface area contributed by atoms with Crippen LogP contribution in [0, 0.1) is 0 Å². The summed E-state index contributed by atoms with van der Waals surface area (Å²) < 4.78 is 0. The lowest BCUT2D eigenvalue weighted by molar-refractivity contribution is -0.137. The van der Waals surface area contributed by atoms with E-state index in [1.165, 1.54) is 0 Å². The van der Waals surface area contributed by atoms with Crippen molar-refractivity contribution >= 4 is 11.9 Å². The molecule has 0 aliphatic carbocycles. The maximum atomic E-state index is 11.0. The molecule has 4 heteroatoms. The van der Waals surface area contributed by atoms with E-state index >= 15 is 0 Å². The zero-order valence-corrected chi connectivity index (χ0v) is 8.01. The summed E-state index contributed by atoms with van der Waals surface area (Å²) in [6, 6.07) is 0. The molecule has 76 valence electrons. The van der Waals surface area contributed by atoms with Crippen molar-refractivity contribution in [3.05, 3.63) is 0 Å². The topological polar surface area (TPSA) is 66.4 Å². The van der Waals surface area contributed by atoms with Crippen LogP contribution in [0.15, 0.2) is 0 Å². The van der Waals surface area contributed by atoms with Gasteiger partial charge in [0.25, 0.3) is 0 Å². The fourth-order valence-electron chi connectivity index (χ4n) is 0.893. The van der Waals surface area contributed by atoms with Gasteiger partial charge in [-0.15, -0.1) is 0 Å². The number of aliphatic carboxylic acids is 1. The highest BCUT2D eigenvalue weighted by Gasteiger charge is 2.00. The Morgan fingerprint density at radius 1 is 1.23 bits per heavy atom. The van der Waals surface area contributed by atoms with Crippen LogP contribution in [0.1, 0.15) is 39.0 Å². The van der Waals surface area contributed by atoms with E-state index in [4.69, 9.17) is 5.11 Å². The first kappa shape index (κ1) is 11.9. The summed E-state index contributed by atoms with van der Waals surface area (Å²) in [5, 5.41) is 11.0. The van der Waals surface area contributed by atoms with Crippen LogP contribution in [-0.4, -0.2) is 23.5 Å². The molecular weight excluding hydrogens is 170 g/mol. The van der Waals surface area contributed by atoms with Gasteiger partial charge in [-0.3, -0.25) is 9.59 Å². The second kappa shape index (κ2) is 7.58. The van der Waals surface area contributed by atoms with Crippen LogP contribution in [0.5, 0.6) is 0 Å². The number of rotatable bonds is 7. The molecule has 0 fully saturated rings. The predicted molar refractivity (Wildman–Crippen MR) is 49.4 cm³/mol. The molecule has 0 aromatic rings. The SMILES string of the molecule is CCCCC(=O)NCCCC(=O)O. The van der Waals surface area contributed by atoms with Crippen LogP contribution in [0.2, 0.25) is 0 Å². The van der Waals surface area contributed by atoms with Gasteiger partial charge < -0.3 is 10.4 Å². The van der Waals surface area contributed by atoms with E-state index in [-0.39, 0.29) is 12.3 Å². The monoisotopic (exact) mass is 187 g/mol. The summed E-state index contributed by atoms with van der Waals surface area (Å²) in [7, 11) is 0. The summed E-state index contributed by atoms with van der Waals surface area (Å²) >= 11 is 0. The highest BCUT2D eigenvalue weighted by atomic mass is 16.4. The zero-order valence-electron chi connectivity index (χ0n) is 8.01. The standard InChI is InChI=1S/C9H17NO3/c1-2-3-5-8(11)10-7-4-6-9(12)13/h2-7H2,1H3,(H,10,11)(H,12,13). The molecule has 1 amide bonds. The minimum Gasteiger partial charge on any atom is -0.481 e. The number of hydrogen-bond donors (Lipinski definition) is 2. The van der Waals surface area contributed by atoms with E-state index in [2.05, 4.69) is 5.32 Å². The second-order valence-corrected chi connectivity index (χ2v) is 2.95. The van der Waals surface area contributed by atoms with Gasteiger partial charge in [0.2, 0.25) is 5.91 Å². The molecule has 4 nitrogen and oxygen atoms in total. The first-order valence-corrected chi connectivity index (χ1v) is 4.65. The van der Waals surface area contributed by atoms with E-state index in [1.807, 2.05) is 6.92 Å². The van der Waals surface area contributed by atoms with Gasteiger partial charge in [0.15, 0.2) is 0 Å². The quantitative estimate of drug-likeness (QED) is 0.588. The number of nitrogens with one attached hydrogen (secondary N) is 1. The molecule has 0 aromatic carbocycles. The van der Waals surface area contributed by atoms with Gasteiger partial charge in [-0.1, -0.05) is 13.3 Å². The molecule has 13 heavy (non-hydrogen) atoms. The maximum Gasteiger partial charge on any atom is 0.303 e. The molecule has 0 spiro atoms. The third-order valence-corrected chi connectivity index (χ3v) is 1.65. The molecule has 0 atom stereocenters. The van der Waals surface area contributed by atoms with Crippen molar-refractivity contribution in [3.8, 4) is 0 Å². The summed E-state index contributed by atoms with van der Waals surface area (Å²) in [4.78, 5) is 21.1. The number of carboxylic acids is 1. The third-order valence-electron chi connectivity index (χ3n) is 1.65. The maximum absolute atomic E-state index is 11.0. The van der Waals surface area contributed by atoms with E-state index in [0.717, 1.165) is 12.8 Å². The van der Waals surface area contributed by atoms with Gasteiger partial charge in [-0.2, -0.15) is 0 Å². The molecule has 0 bridgehead atoms. The smallest absolute Gasteiger partial charge is 0.303 e. The van der Waals surface area contributed by atoms with E-state index < -0.39 is 5.97 Å². The lowest BCUT2D eigenvalue weighted by Gasteiger charge is -2.02. The average Bonchev–Trinajstić information content (AvgIpc) is 2.08. The van der Waals surface area contributed by atoms with Crippen molar-refractivity contribution in [2.45, 2.75) is 39.0 Å². The lowest BCUT2D eigenvalue weighted by Crippen LogP contribution is -2.24. The Kier molecular flexibility index (Phi) is 6.96. The summed E-state index contributed by atoms with van der Waals surface area (Å²) in [6.45, 7) is 2.49. The minimum atomic E-state index is -0.817. The van der Waals surface area contributed by atoms with Crippen LogP contribution in [0.4, 0.5) is 0 Å². The fourth-order valence-corrected chi connectivity index (χ4v) is 0.893. The number of carboxylic acid groups (broad SMARTS) is 1. The molecule has 0 unspecified atom stereocenters. The van der Waals surface area contributed by atoms with Gasteiger partial charge >= 0.3 is 5.97 Å². The van der Waals surface area contributed by atoms with Crippen LogP contribution in [-0.2, 0) is 9.59 Å². The second-order valence-electron chi connectivity index (χ2n) is 2.95. The van der Waals surface area contributed by atoms with Gasteiger partial charge in [0.1, 0.15) is 0 Å². The highest BCUT2D eigenvalue weighted by Crippen LogP contribution is 1.93. The Bertz CT molecular complexity index is 168. The van der Waals surface area contributed by atoms with Gasteiger partial charge in [-0.05, 0) is 12.8 Å². The zero-order chi connectivity index (χ0) is 10.1. The van der Waals surface area contributed by atoms with E-state index in [0.29, 0.717) is 19.4 Å². The number of unbranched alkanes of at least 4 members (excludes halogenated alkanes) is 1. The number of hydrogen-bond acceptors (Lipinski definition) is 2. The molecule has 0 saturated heterocycles. The van der Waals surface area contributed by atoms with Crippen molar-refractivity contribution in [1.29, 1.82) is 0 Å². The molecule has 0 heterocycles. The fraction of sp³-hybridized carbons (Fsp3) is 0.778. The Morgan fingerprint density at radius 2 is 1.92 bits per heavy atom. The lowest BCUT2D eigenvalue weighted by atomic mass is 10.2. The first-order chi connectivity index (χ1) is 6.16. The molecule has 2 N–H and O–H groups in total. The van der Waals surface area contributed by atoms with Crippen LogP contribution < -0.4 is 5.32 Å². The van der Waals surface area contributed by atoms with Gasteiger partial charge in [-0.25, -0.2) is 0 Å². The van der Waals surface area contributed by atoms with Gasteiger partial charge in [0, 0.05) is 19.4 Å². The predicted octanol–water partition coefficient (Wildman–Crippen LogP) is 1.16. The van der Waals surface area contributed by atoms with Crippen LogP contribution >= 0.6 is 0 Å². The van der Waals surface area contributed by atoms with Crippen molar-refractivity contribution in [3.63, 3.8) is 0 Å². The summed E-state index contributed by atoms with van der Waals surface area (Å²) in [6.07, 6.45) is 3.07. The number of carbonyl (C=O) groups is 2. The van der Waals surface area contributed by atoms with Crippen molar-refractivity contribution in [2.24, 2.45) is 0 Å². The van der Waals surface area contributed by atoms with Crippen LogP contribution in [0.25, 0.3) is 0 Å². The minimum absolute atomic E-state index is 0.0206. The third kappa shape index (κ3) is 8.85. The summed E-state index contributed by atoms with van der Waals surface area (Å²) in [5.74, 6) is -0.796. The Balaban J connectivity index is 3.22. The Hall–Kier alpha value is -1.06. The molecule has 0 radical (unpaired) electrons. The Morgan fingerprint density at radius 3 is 2.46 bits per heavy atom. The summed E-state index contributed by atoms with van der Waals surface area (Å²) in [5.41, 5.74) is 0. The van der Waals surface area contributed by atoms with E-state index in [9.17, 15) is 9.59 Å². The average molecular weight is 187 g/mol. The molecule has 0 saturated carbocycles. The largest absolute Gasteiger partial charge is 0.481 e. The molecule has 0 aliphatic heterocycles.